The number of nitrogens with one attached hydrogen (secondary N) is 1. The van der Waals surface area contributed by atoms with Crippen molar-refractivity contribution in [2.75, 3.05) is 25.0 Å². The molecule has 1 aromatic rings. The zero-order chi connectivity index (χ0) is 21.5. The molecule has 2 fully saturated rings. The molecule has 1 spiro atoms. The number of carbonyl (C=O) groups is 3. The van der Waals surface area contributed by atoms with E-state index in [4.69, 9.17) is 4.74 Å². The Balaban J connectivity index is 1.45. The summed E-state index contributed by atoms with van der Waals surface area (Å²) >= 11 is 0. The van der Waals surface area contributed by atoms with E-state index in [1.54, 1.807) is 4.90 Å². The minimum Gasteiger partial charge on any atom is -0.484 e. The highest BCUT2D eigenvalue weighted by Crippen LogP contribution is 2.38. The number of para-hydroxylation sites is 2. The van der Waals surface area contributed by atoms with Gasteiger partial charge in [-0.05, 0) is 25.0 Å². The van der Waals surface area contributed by atoms with Crippen molar-refractivity contribution in [3.8, 4) is 5.75 Å². The summed E-state index contributed by atoms with van der Waals surface area (Å²) < 4.78 is 6.33. The van der Waals surface area contributed by atoms with E-state index in [0.717, 1.165) is 6.42 Å². The van der Waals surface area contributed by atoms with Crippen molar-refractivity contribution in [2.24, 2.45) is 5.41 Å². The lowest BCUT2D eigenvalue weighted by Gasteiger charge is -2.42. The number of fused-ring (bicyclic) bond motifs is 1. The van der Waals surface area contributed by atoms with Crippen LogP contribution < -0.4 is 10.1 Å². The van der Waals surface area contributed by atoms with Crippen LogP contribution in [-0.2, 0) is 14.4 Å². The molecule has 1 unspecified atom stereocenters. The molecule has 2 saturated heterocycles. The smallest absolute Gasteiger partial charge is 0.245 e. The predicted molar refractivity (Wildman–Crippen MR) is 113 cm³/mol. The monoisotopic (exact) mass is 413 g/mol. The fraction of sp³-hybridized carbons (Fsp3) is 0.609. The third-order valence-corrected chi connectivity index (χ3v) is 6.40. The van der Waals surface area contributed by atoms with Crippen molar-refractivity contribution in [1.29, 1.82) is 0 Å². The molecule has 7 heteroatoms. The molecule has 3 aliphatic heterocycles. The van der Waals surface area contributed by atoms with Gasteiger partial charge in [0.05, 0.1) is 12.1 Å². The Hall–Kier alpha value is -2.57. The zero-order valence-electron chi connectivity index (χ0n) is 18.1. The van der Waals surface area contributed by atoms with Crippen LogP contribution in [0.1, 0.15) is 52.9 Å². The van der Waals surface area contributed by atoms with Crippen molar-refractivity contribution in [1.82, 2.24) is 9.80 Å². The Morgan fingerprint density at radius 1 is 1.13 bits per heavy atom. The van der Waals surface area contributed by atoms with Crippen LogP contribution in [0.3, 0.4) is 0 Å². The van der Waals surface area contributed by atoms with Gasteiger partial charge in [-0.3, -0.25) is 14.4 Å². The summed E-state index contributed by atoms with van der Waals surface area (Å²) in [6.07, 6.45) is 3.05. The zero-order valence-corrected chi connectivity index (χ0v) is 18.1. The first kappa shape index (κ1) is 20.7. The second-order valence-electron chi connectivity index (χ2n) is 9.74. The van der Waals surface area contributed by atoms with Crippen molar-refractivity contribution < 1.29 is 19.1 Å². The maximum absolute atomic E-state index is 13.3. The molecule has 3 amide bonds. The van der Waals surface area contributed by atoms with Gasteiger partial charge in [0.15, 0.2) is 0 Å². The normalized spacial score (nSPS) is 23.4. The second kappa shape index (κ2) is 7.60. The summed E-state index contributed by atoms with van der Waals surface area (Å²) in [5.74, 6) is 0.684. The Labute approximate surface area is 177 Å². The van der Waals surface area contributed by atoms with Crippen molar-refractivity contribution >= 4 is 23.4 Å². The van der Waals surface area contributed by atoms with Gasteiger partial charge in [-0.2, -0.15) is 0 Å². The molecule has 0 bridgehead atoms. The van der Waals surface area contributed by atoms with E-state index < -0.39 is 11.0 Å². The van der Waals surface area contributed by atoms with E-state index >= 15 is 0 Å². The third kappa shape index (κ3) is 3.89. The van der Waals surface area contributed by atoms with Crippen LogP contribution in [-0.4, -0.2) is 58.8 Å². The van der Waals surface area contributed by atoms with E-state index in [9.17, 15) is 14.4 Å². The Kier molecular flexibility index (Phi) is 5.24. The van der Waals surface area contributed by atoms with Crippen molar-refractivity contribution in [3.05, 3.63) is 24.3 Å². The minimum absolute atomic E-state index is 0.0263. The number of hydrogen-bond donors (Lipinski definition) is 1. The number of benzene rings is 1. The summed E-state index contributed by atoms with van der Waals surface area (Å²) in [4.78, 5) is 42.1. The number of ether oxygens (including phenoxy) is 1. The Morgan fingerprint density at radius 2 is 1.83 bits per heavy atom. The van der Waals surface area contributed by atoms with Gasteiger partial charge >= 0.3 is 0 Å². The molecule has 30 heavy (non-hydrogen) atoms. The van der Waals surface area contributed by atoms with Crippen LogP contribution in [0, 0.1) is 5.41 Å². The topological polar surface area (TPSA) is 79.0 Å². The number of anilines is 1. The number of likely N-dealkylation sites (tertiary alicyclic amines) is 2. The first-order valence-electron chi connectivity index (χ1n) is 10.9. The fourth-order valence-electron chi connectivity index (χ4n) is 4.74. The first-order valence-corrected chi connectivity index (χ1v) is 10.9. The molecular formula is C23H31N3O4. The van der Waals surface area contributed by atoms with E-state index in [1.807, 2.05) is 49.9 Å². The van der Waals surface area contributed by atoms with Gasteiger partial charge in [0, 0.05) is 37.9 Å². The van der Waals surface area contributed by atoms with Crippen LogP contribution >= 0.6 is 0 Å². The van der Waals surface area contributed by atoms with Crippen LogP contribution in [0.5, 0.6) is 5.75 Å². The Morgan fingerprint density at radius 3 is 2.53 bits per heavy atom. The number of carbonyl (C=O) groups excluding carboxylic acids is 3. The second-order valence-corrected chi connectivity index (χ2v) is 9.74. The molecule has 3 heterocycles. The first-order chi connectivity index (χ1) is 14.2. The van der Waals surface area contributed by atoms with E-state index in [-0.39, 0.29) is 30.2 Å². The van der Waals surface area contributed by atoms with Crippen LogP contribution in [0.4, 0.5) is 5.69 Å². The van der Waals surface area contributed by atoms with Crippen molar-refractivity contribution in [2.45, 2.75) is 64.5 Å². The average molecular weight is 414 g/mol. The average Bonchev–Trinajstić information content (AvgIpc) is 3.12. The minimum atomic E-state index is -0.593. The maximum atomic E-state index is 13.3. The molecule has 1 atom stereocenters. The number of rotatable bonds is 1. The summed E-state index contributed by atoms with van der Waals surface area (Å²) in [7, 11) is 0. The van der Waals surface area contributed by atoms with E-state index in [1.165, 1.54) is 0 Å². The molecule has 0 aliphatic carbocycles. The quantitative estimate of drug-likeness (QED) is 0.768. The van der Waals surface area contributed by atoms with Gasteiger partial charge in [-0.1, -0.05) is 32.9 Å². The third-order valence-electron chi connectivity index (χ3n) is 6.40. The molecule has 0 saturated carbocycles. The van der Waals surface area contributed by atoms with Crippen LogP contribution in [0.2, 0.25) is 0 Å². The highest BCUT2D eigenvalue weighted by atomic mass is 16.5. The fourth-order valence-corrected chi connectivity index (χ4v) is 4.74. The van der Waals surface area contributed by atoms with E-state index in [0.29, 0.717) is 50.3 Å². The predicted octanol–water partition coefficient (Wildman–Crippen LogP) is 2.81. The molecule has 0 aromatic heterocycles. The molecule has 1 aromatic carbocycles. The number of amides is 3. The molecule has 3 aliphatic rings. The molecular weight excluding hydrogens is 382 g/mol. The van der Waals surface area contributed by atoms with Gasteiger partial charge in [-0.25, -0.2) is 0 Å². The van der Waals surface area contributed by atoms with Crippen LogP contribution in [0.25, 0.3) is 0 Å². The van der Waals surface area contributed by atoms with Crippen LogP contribution in [0.15, 0.2) is 24.3 Å². The molecule has 1 N–H and O–H groups in total. The van der Waals surface area contributed by atoms with E-state index in [2.05, 4.69) is 5.32 Å². The summed E-state index contributed by atoms with van der Waals surface area (Å²) in [5.41, 5.74) is -0.395. The SMILES string of the molecule is CC(C)(C)C(=O)N1CCCC1C(=O)N1CCC2(CC1)CC(=O)Nc1ccccc1O2. The number of hydrogen-bond acceptors (Lipinski definition) is 4. The van der Waals surface area contributed by atoms with Gasteiger partial charge < -0.3 is 19.9 Å². The summed E-state index contributed by atoms with van der Waals surface area (Å²) in [5, 5.41) is 2.92. The van der Waals surface area contributed by atoms with Crippen molar-refractivity contribution in [3.63, 3.8) is 0 Å². The number of piperidine rings is 1. The van der Waals surface area contributed by atoms with Gasteiger partial charge in [0.25, 0.3) is 0 Å². The standard InChI is InChI=1S/C23H31N3O4/c1-22(2,3)21(29)26-12-6-8-17(26)20(28)25-13-10-23(11-14-25)15-19(27)24-16-7-4-5-9-18(16)30-23/h4-5,7,9,17H,6,8,10-15H2,1-3H3,(H,24,27). The van der Waals surface area contributed by atoms with Gasteiger partial charge in [0.2, 0.25) is 17.7 Å². The maximum Gasteiger partial charge on any atom is 0.245 e. The summed E-state index contributed by atoms with van der Waals surface area (Å²) in [6, 6.07) is 7.10. The summed E-state index contributed by atoms with van der Waals surface area (Å²) in [6.45, 7) is 7.39. The lowest BCUT2D eigenvalue weighted by atomic mass is 9.87. The molecule has 0 radical (unpaired) electrons. The lowest BCUT2D eigenvalue weighted by Crippen LogP contribution is -2.55. The molecule has 4 rings (SSSR count). The largest absolute Gasteiger partial charge is 0.484 e. The highest BCUT2D eigenvalue weighted by molar-refractivity contribution is 5.94. The molecule has 7 nitrogen and oxygen atoms in total. The number of nitrogens with zero attached hydrogens (tertiary/aromatic N) is 2. The van der Waals surface area contributed by atoms with Gasteiger partial charge in [-0.15, -0.1) is 0 Å². The highest BCUT2D eigenvalue weighted by Gasteiger charge is 2.45. The Bertz CT molecular complexity index is 852. The molecule has 162 valence electrons. The van der Waals surface area contributed by atoms with Gasteiger partial charge in [0.1, 0.15) is 17.4 Å². The lowest BCUT2D eigenvalue weighted by molar-refractivity contribution is -0.150.